The average molecular weight is 178 g/mol. The molecular formula is C10H14N2O. The topological polar surface area (TPSA) is 24.5 Å². The van der Waals surface area contributed by atoms with Gasteiger partial charge in [0.15, 0.2) is 0 Å². The lowest BCUT2D eigenvalue weighted by molar-refractivity contribution is 0.415. The van der Waals surface area contributed by atoms with Gasteiger partial charge in [-0.25, -0.2) is 0 Å². The Balaban J connectivity index is 2.12. The summed E-state index contributed by atoms with van der Waals surface area (Å²) in [5.41, 5.74) is 1.26. The molecule has 0 bridgehead atoms. The van der Waals surface area contributed by atoms with E-state index in [-0.39, 0.29) is 0 Å². The number of anilines is 1. The van der Waals surface area contributed by atoms with E-state index in [9.17, 15) is 0 Å². The average Bonchev–Trinajstić information content (AvgIpc) is 2.71. The van der Waals surface area contributed by atoms with Crippen LogP contribution in [0.5, 0.6) is 5.75 Å². The first kappa shape index (κ1) is 8.38. The van der Waals surface area contributed by atoms with Crippen molar-refractivity contribution in [2.75, 3.05) is 31.8 Å². The summed E-state index contributed by atoms with van der Waals surface area (Å²) in [5.74, 6) is 0.913. The van der Waals surface area contributed by atoms with E-state index in [2.05, 4.69) is 22.3 Å². The predicted octanol–water partition coefficient (Wildman–Crippen LogP) is 1.06. The summed E-state index contributed by atoms with van der Waals surface area (Å²) in [7, 11) is 1.69. The normalized spacial score (nSPS) is 16.2. The number of methoxy groups -OCH3 is 1. The molecule has 13 heavy (non-hydrogen) atoms. The molecule has 0 atom stereocenters. The highest BCUT2D eigenvalue weighted by Gasteiger charge is 2.10. The highest BCUT2D eigenvalue weighted by atomic mass is 16.5. The van der Waals surface area contributed by atoms with Crippen molar-refractivity contribution >= 4 is 5.69 Å². The third-order valence-corrected chi connectivity index (χ3v) is 2.30. The molecule has 1 aromatic rings. The number of hydrogen-bond donors (Lipinski definition) is 1. The maximum atomic E-state index is 5.10. The molecular weight excluding hydrogens is 164 g/mol. The summed E-state index contributed by atoms with van der Waals surface area (Å²) < 4.78 is 5.10. The van der Waals surface area contributed by atoms with Crippen molar-refractivity contribution in [3.8, 4) is 5.75 Å². The zero-order valence-electron chi connectivity index (χ0n) is 7.79. The Morgan fingerprint density at radius 3 is 2.62 bits per heavy atom. The van der Waals surface area contributed by atoms with E-state index < -0.39 is 0 Å². The van der Waals surface area contributed by atoms with E-state index in [1.54, 1.807) is 7.11 Å². The SMILES string of the molecule is COc1ccc(N2CCNC2)cc1. The molecule has 1 saturated heterocycles. The van der Waals surface area contributed by atoms with Crippen LogP contribution in [0.2, 0.25) is 0 Å². The van der Waals surface area contributed by atoms with Gasteiger partial charge < -0.3 is 9.64 Å². The second-order valence-electron chi connectivity index (χ2n) is 3.12. The first-order valence-electron chi connectivity index (χ1n) is 4.50. The van der Waals surface area contributed by atoms with E-state index >= 15 is 0 Å². The summed E-state index contributed by atoms with van der Waals surface area (Å²) in [6.45, 7) is 3.12. The molecule has 0 spiro atoms. The van der Waals surface area contributed by atoms with Gasteiger partial charge in [-0.15, -0.1) is 0 Å². The Hall–Kier alpha value is -1.22. The van der Waals surface area contributed by atoms with Crippen LogP contribution in [0.25, 0.3) is 0 Å². The van der Waals surface area contributed by atoms with Crippen molar-refractivity contribution in [2.45, 2.75) is 0 Å². The predicted molar refractivity (Wildman–Crippen MR) is 53.2 cm³/mol. The zero-order chi connectivity index (χ0) is 9.10. The molecule has 0 aliphatic carbocycles. The van der Waals surface area contributed by atoms with Crippen molar-refractivity contribution in [1.29, 1.82) is 0 Å². The fourth-order valence-electron chi connectivity index (χ4n) is 1.52. The molecule has 0 amide bonds. The third-order valence-electron chi connectivity index (χ3n) is 2.30. The molecule has 3 nitrogen and oxygen atoms in total. The lowest BCUT2D eigenvalue weighted by Crippen LogP contribution is -2.20. The summed E-state index contributed by atoms with van der Waals surface area (Å²) in [6, 6.07) is 8.17. The fourth-order valence-corrected chi connectivity index (χ4v) is 1.52. The van der Waals surface area contributed by atoms with Gasteiger partial charge in [-0.1, -0.05) is 0 Å². The quantitative estimate of drug-likeness (QED) is 0.733. The Morgan fingerprint density at radius 2 is 2.08 bits per heavy atom. The molecule has 0 saturated carbocycles. The van der Waals surface area contributed by atoms with Crippen LogP contribution < -0.4 is 15.0 Å². The molecule has 1 aromatic carbocycles. The molecule has 0 radical (unpaired) electrons. The van der Waals surface area contributed by atoms with Gasteiger partial charge in [-0.05, 0) is 24.3 Å². The van der Waals surface area contributed by atoms with Gasteiger partial charge in [0.2, 0.25) is 0 Å². The standard InChI is InChI=1S/C10H14N2O/c1-13-10-4-2-9(3-5-10)12-7-6-11-8-12/h2-5,11H,6-8H2,1H3. The largest absolute Gasteiger partial charge is 0.497 e. The molecule has 3 heteroatoms. The van der Waals surface area contributed by atoms with E-state index in [1.807, 2.05) is 12.1 Å². The minimum Gasteiger partial charge on any atom is -0.497 e. The van der Waals surface area contributed by atoms with Crippen molar-refractivity contribution in [1.82, 2.24) is 5.32 Å². The first-order valence-corrected chi connectivity index (χ1v) is 4.50. The van der Waals surface area contributed by atoms with Crippen LogP contribution in [0.4, 0.5) is 5.69 Å². The van der Waals surface area contributed by atoms with Gasteiger partial charge in [0.05, 0.1) is 13.8 Å². The summed E-state index contributed by atoms with van der Waals surface area (Å²) in [5, 5.41) is 3.29. The van der Waals surface area contributed by atoms with Gasteiger partial charge in [-0.2, -0.15) is 0 Å². The number of benzene rings is 1. The third kappa shape index (κ3) is 1.75. The smallest absolute Gasteiger partial charge is 0.119 e. The van der Waals surface area contributed by atoms with Crippen LogP contribution in [0.3, 0.4) is 0 Å². The monoisotopic (exact) mass is 178 g/mol. The van der Waals surface area contributed by atoms with Crippen LogP contribution in [-0.2, 0) is 0 Å². The van der Waals surface area contributed by atoms with E-state index in [1.165, 1.54) is 5.69 Å². The Labute approximate surface area is 78.3 Å². The lowest BCUT2D eigenvalue weighted by Gasteiger charge is -2.16. The van der Waals surface area contributed by atoms with Crippen LogP contribution in [0.1, 0.15) is 0 Å². The molecule has 0 aromatic heterocycles. The lowest BCUT2D eigenvalue weighted by atomic mass is 10.3. The van der Waals surface area contributed by atoms with E-state index in [0.717, 1.165) is 25.5 Å². The maximum Gasteiger partial charge on any atom is 0.119 e. The highest BCUT2D eigenvalue weighted by molar-refractivity contribution is 5.49. The Bertz CT molecular complexity index is 265. The minimum atomic E-state index is 0.913. The number of ether oxygens (including phenoxy) is 1. The van der Waals surface area contributed by atoms with Gasteiger partial charge in [-0.3, -0.25) is 5.32 Å². The van der Waals surface area contributed by atoms with Crippen LogP contribution in [-0.4, -0.2) is 26.9 Å². The molecule has 1 heterocycles. The highest BCUT2D eigenvalue weighted by Crippen LogP contribution is 2.19. The van der Waals surface area contributed by atoms with Gasteiger partial charge in [0.1, 0.15) is 5.75 Å². The number of nitrogens with zero attached hydrogens (tertiary/aromatic N) is 1. The second-order valence-corrected chi connectivity index (χ2v) is 3.12. The number of hydrogen-bond acceptors (Lipinski definition) is 3. The van der Waals surface area contributed by atoms with Crippen molar-refractivity contribution in [2.24, 2.45) is 0 Å². The van der Waals surface area contributed by atoms with E-state index in [0.29, 0.717) is 0 Å². The van der Waals surface area contributed by atoms with Crippen molar-refractivity contribution in [3.63, 3.8) is 0 Å². The molecule has 0 unspecified atom stereocenters. The number of nitrogens with one attached hydrogen (secondary N) is 1. The molecule has 1 aliphatic heterocycles. The molecule has 1 aliphatic rings. The van der Waals surface area contributed by atoms with Crippen molar-refractivity contribution < 1.29 is 4.74 Å². The summed E-state index contributed by atoms with van der Waals surface area (Å²) >= 11 is 0. The molecule has 2 rings (SSSR count). The van der Waals surface area contributed by atoms with Crippen LogP contribution >= 0.6 is 0 Å². The maximum absolute atomic E-state index is 5.10. The number of rotatable bonds is 2. The van der Waals surface area contributed by atoms with Crippen molar-refractivity contribution in [3.05, 3.63) is 24.3 Å². The second kappa shape index (κ2) is 3.66. The van der Waals surface area contributed by atoms with E-state index in [4.69, 9.17) is 4.74 Å². The molecule has 1 fully saturated rings. The first-order chi connectivity index (χ1) is 6.40. The zero-order valence-corrected chi connectivity index (χ0v) is 7.79. The van der Waals surface area contributed by atoms with Gasteiger partial charge in [0.25, 0.3) is 0 Å². The molecule has 70 valence electrons. The minimum absolute atomic E-state index is 0.913. The summed E-state index contributed by atoms with van der Waals surface area (Å²) in [4.78, 5) is 2.31. The Morgan fingerprint density at radius 1 is 1.31 bits per heavy atom. The van der Waals surface area contributed by atoms with Gasteiger partial charge >= 0.3 is 0 Å². The molecule has 1 N–H and O–H groups in total. The summed E-state index contributed by atoms with van der Waals surface area (Å²) in [6.07, 6.45) is 0. The van der Waals surface area contributed by atoms with Crippen LogP contribution in [0.15, 0.2) is 24.3 Å². The van der Waals surface area contributed by atoms with Crippen LogP contribution in [0, 0.1) is 0 Å². The van der Waals surface area contributed by atoms with Gasteiger partial charge in [0, 0.05) is 18.8 Å². The fraction of sp³-hybridized carbons (Fsp3) is 0.400. The Kier molecular flexibility index (Phi) is 2.36.